The van der Waals surface area contributed by atoms with E-state index in [-0.39, 0.29) is 31.0 Å². The van der Waals surface area contributed by atoms with E-state index in [0.29, 0.717) is 18.1 Å². The number of carbonyl (C=O) groups excluding carboxylic acids is 2. The van der Waals surface area contributed by atoms with Crippen molar-refractivity contribution in [1.29, 1.82) is 0 Å². The van der Waals surface area contributed by atoms with Crippen LogP contribution < -0.4 is 9.64 Å². The number of hydrogen-bond donors (Lipinski definition) is 0. The quantitative estimate of drug-likeness (QED) is 0.846. The van der Waals surface area contributed by atoms with E-state index in [4.69, 9.17) is 4.74 Å². The predicted octanol–water partition coefficient (Wildman–Crippen LogP) is 1.63. The lowest BCUT2D eigenvalue weighted by molar-refractivity contribution is -0.132. The summed E-state index contributed by atoms with van der Waals surface area (Å²) in [5, 5.41) is 2.87. The van der Waals surface area contributed by atoms with E-state index in [0.717, 1.165) is 17.8 Å². The molecule has 8 heteroatoms. The zero-order chi connectivity index (χ0) is 16.5. The van der Waals surface area contributed by atoms with Crippen molar-refractivity contribution in [1.82, 2.24) is 14.9 Å². The van der Waals surface area contributed by atoms with Gasteiger partial charge in [-0.3, -0.25) is 14.5 Å². The van der Waals surface area contributed by atoms with Crippen LogP contribution in [-0.2, 0) is 9.59 Å². The van der Waals surface area contributed by atoms with Crippen molar-refractivity contribution in [3.63, 3.8) is 0 Å². The zero-order valence-electron chi connectivity index (χ0n) is 12.9. The van der Waals surface area contributed by atoms with Crippen LogP contribution in [0, 0.1) is 0 Å². The number of aromatic nitrogens is 2. The SMILES string of the molecule is O=C1COc2cccnc2N1CC(=O)N1CCCC1c1nccs1. The highest BCUT2D eigenvalue weighted by molar-refractivity contribution is 7.09. The molecule has 1 unspecified atom stereocenters. The molecule has 2 aliphatic heterocycles. The molecule has 0 aliphatic carbocycles. The minimum atomic E-state index is -0.250. The number of likely N-dealkylation sites (tertiary alicyclic amines) is 1. The highest BCUT2D eigenvalue weighted by Gasteiger charge is 2.35. The molecule has 0 bridgehead atoms. The van der Waals surface area contributed by atoms with E-state index in [2.05, 4.69) is 9.97 Å². The van der Waals surface area contributed by atoms with Gasteiger partial charge in [-0.15, -0.1) is 11.3 Å². The monoisotopic (exact) mass is 344 g/mol. The van der Waals surface area contributed by atoms with Gasteiger partial charge in [0.15, 0.2) is 18.2 Å². The van der Waals surface area contributed by atoms with Gasteiger partial charge in [0.1, 0.15) is 11.6 Å². The second-order valence-corrected chi connectivity index (χ2v) is 6.64. The van der Waals surface area contributed by atoms with Crippen LogP contribution in [0.5, 0.6) is 5.75 Å². The summed E-state index contributed by atoms with van der Waals surface area (Å²) < 4.78 is 5.37. The highest BCUT2D eigenvalue weighted by atomic mass is 32.1. The topological polar surface area (TPSA) is 75.6 Å². The number of thiazole rings is 1. The first-order valence-corrected chi connectivity index (χ1v) is 8.69. The molecule has 0 spiro atoms. The van der Waals surface area contributed by atoms with Gasteiger partial charge in [0.05, 0.1) is 6.04 Å². The van der Waals surface area contributed by atoms with Crippen LogP contribution in [0.3, 0.4) is 0 Å². The first-order valence-electron chi connectivity index (χ1n) is 7.81. The van der Waals surface area contributed by atoms with Crippen molar-refractivity contribution in [2.75, 3.05) is 24.6 Å². The zero-order valence-corrected chi connectivity index (χ0v) is 13.7. The third-order valence-electron chi connectivity index (χ3n) is 4.26. The number of pyridine rings is 1. The lowest BCUT2D eigenvalue weighted by Gasteiger charge is -2.30. The van der Waals surface area contributed by atoms with E-state index in [1.165, 1.54) is 4.90 Å². The third kappa shape index (κ3) is 2.62. The van der Waals surface area contributed by atoms with Crippen molar-refractivity contribution >= 4 is 29.0 Å². The number of carbonyl (C=O) groups is 2. The summed E-state index contributed by atoms with van der Waals surface area (Å²) in [4.78, 5) is 36.8. The number of rotatable bonds is 3. The molecule has 2 aromatic heterocycles. The summed E-state index contributed by atoms with van der Waals surface area (Å²) in [6.07, 6.45) is 5.20. The Morgan fingerprint density at radius 2 is 2.29 bits per heavy atom. The van der Waals surface area contributed by atoms with Gasteiger partial charge in [-0.1, -0.05) is 0 Å². The van der Waals surface area contributed by atoms with Crippen LogP contribution in [0.15, 0.2) is 29.9 Å². The molecule has 24 heavy (non-hydrogen) atoms. The lowest BCUT2D eigenvalue weighted by Crippen LogP contribution is -2.46. The smallest absolute Gasteiger partial charge is 0.266 e. The van der Waals surface area contributed by atoms with Gasteiger partial charge in [-0.2, -0.15) is 0 Å². The van der Waals surface area contributed by atoms with E-state index >= 15 is 0 Å². The first-order chi connectivity index (χ1) is 11.7. The summed E-state index contributed by atoms with van der Waals surface area (Å²) in [5.74, 6) is 0.606. The number of anilines is 1. The maximum absolute atomic E-state index is 12.8. The molecule has 4 heterocycles. The molecule has 1 atom stereocenters. The molecule has 2 aliphatic rings. The van der Waals surface area contributed by atoms with Crippen molar-refractivity contribution in [2.45, 2.75) is 18.9 Å². The van der Waals surface area contributed by atoms with Gasteiger partial charge in [0.2, 0.25) is 5.91 Å². The van der Waals surface area contributed by atoms with Gasteiger partial charge < -0.3 is 9.64 Å². The number of fused-ring (bicyclic) bond motifs is 1. The Bertz CT molecular complexity index is 764. The van der Waals surface area contributed by atoms with Crippen molar-refractivity contribution in [3.8, 4) is 5.75 Å². The molecule has 4 rings (SSSR count). The molecule has 0 radical (unpaired) electrons. The van der Waals surface area contributed by atoms with Crippen LogP contribution in [0.2, 0.25) is 0 Å². The molecule has 0 N–H and O–H groups in total. The van der Waals surface area contributed by atoms with E-state index < -0.39 is 0 Å². The van der Waals surface area contributed by atoms with Crippen LogP contribution >= 0.6 is 11.3 Å². The van der Waals surface area contributed by atoms with Gasteiger partial charge in [-0.25, -0.2) is 9.97 Å². The van der Waals surface area contributed by atoms with E-state index in [1.807, 2.05) is 10.3 Å². The Balaban J connectivity index is 1.55. The van der Waals surface area contributed by atoms with Gasteiger partial charge in [0, 0.05) is 24.3 Å². The Kier molecular flexibility index (Phi) is 3.89. The Morgan fingerprint density at radius 1 is 1.38 bits per heavy atom. The summed E-state index contributed by atoms with van der Waals surface area (Å²) in [7, 11) is 0. The molecule has 7 nitrogen and oxygen atoms in total. The molecule has 0 saturated carbocycles. The number of nitrogens with zero attached hydrogens (tertiary/aromatic N) is 4. The fourth-order valence-corrected chi connectivity index (χ4v) is 3.93. The minimum absolute atomic E-state index is 0.0110. The van der Waals surface area contributed by atoms with Crippen LogP contribution in [-0.4, -0.2) is 46.4 Å². The third-order valence-corrected chi connectivity index (χ3v) is 5.14. The average Bonchev–Trinajstić information content (AvgIpc) is 3.28. The Hall–Kier alpha value is -2.48. The van der Waals surface area contributed by atoms with E-state index in [1.54, 1.807) is 35.9 Å². The summed E-state index contributed by atoms with van der Waals surface area (Å²) >= 11 is 1.56. The fraction of sp³-hybridized carbons (Fsp3) is 0.375. The molecule has 124 valence electrons. The number of ether oxygens (including phenoxy) is 1. The van der Waals surface area contributed by atoms with Crippen molar-refractivity contribution in [2.24, 2.45) is 0 Å². The molecule has 1 fully saturated rings. The summed E-state index contributed by atoms with van der Waals surface area (Å²) in [5.41, 5.74) is 0. The average molecular weight is 344 g/mol. The van der Waals surface area contributed by atoms with Gasteiger partial charge >= 0.3 is 0 Å². The number of hydrogen-bond acceptors (Lipinski definition) is 6. The fourth-order valence-electron chi connectivity index (χ4n) is 3.14. The maximum Gasteiger partial charge on any atom is 0.266 e. The van der Waals surface area contributed by atoms with Gasteiger partial charge in [0.25, 0.3) is 5.91 Å². The predicted molar refractivity (Wildman–Crippen MR) is 87.9 cm³/mol. The Morgan fingerprint density at radius 3 is 3.12 bits per heavy atom. The maximum atomic E-state index is 12.8. The van der Waals surface area contributed by atoms with Gasteiger partial charge in [-0.05, 0) is 25.0 Å². The van der Waals surface area contributed by atoms with E-state index in [9.17, 15) is 9.59 Å². The van der Waals surface area contributed by atoms with Crippen molar-refractivity contribution < 1.29 is 14.3 Å². The molecule has 2 amide bonds. The largest absolute Gasteiger partial charge is 0.480 e. The second-order valence-electron chi connectivity index (χ2n) is 5.71. The molecular weight excluding hydrogens is 328 g/mol. The standard InChI is InChI=1S/C16H16N4O3S/c21-13(19-7-2-3-11(19)16-18-6-8-24-16)9-20-14(22)10-23-12-4-1-5-17-15(12)20/h1,4-6,8,11H,2-3,7,9-10H2. The second kappa shape index (κ2) is 6.20. The minimum Gasteiger partial charge on any atom is -0.480 e. The molecular formula is C16H16N4O3S. The van der Waals surface area contributed by atoms with Crippen LogP contribution in [0.4, 0.5) is 5.82 Å². The summed E-state index contributed by atoms with van der Waals surface area (Å²) in [6, 6.07) is 3.51. The normalized spacial score (nSPS) is 20.0. The van der Waals surface area contributed by atoms with Crippen LogP contribution in [0.1, 0.15) is 23.9 Å². The first kappa shape index (κ1) is 15.1. The molecule has 1 saturated heterocycles. The molecule has 0 aromatic carbocycles. The van der Waals surface area contributed by atoms with Crippen LogP contribution in [0.25, 0.3) is 0 Å². The number of amides is 2. The lowest BCUT2D eigenvalue weighted by atomic mass is 10.2. The highest BCUT2D eigenvalue weighted by Crippen LogP contribution is 2.34. The Labute approximate surface area is 142 Å². The molecule has 2 aromatic rings. The van der Waals surface area contributed by atoms with Crippen molar-refractivity contribution in [3.05, 3.63) is 34.9 Å². The summed E-state index contributed by atoms with van der Waals surface area (Å²) in [6.45, 7) is 0.604.